The number of hydrogen-bond donors (Lipinski definition) is 2. The monoisotopic (exact) mass is 317 g/mol. The molecule has 0 saturated heterocycles. The molecule has 0 radical (unpaired) electrons. The summed E-state index contributed by atoms with van der Waals surface area (Å²) in [5, 5.41) is 9.98. The van der Waals surface area contributed by atoms with E-state index in [-0.39, 0.29) is 0 Å². The highest BCUT2D eigenvalue weighted by molar-refractivity contribution is 14.1. The second-order valence-electron chi connectivity index (χ2n) is 4.27. The van der Waals surface area contributed by atoms with E-state index in [0.717, 1.165) is 15.6 Å². The fraction of sp³-hybridized carbons (Fsp3) is 0.500. The molecule has 1 aliphatic carbocycles. The van der Waals surface area contributed by atoms with Crippen LogP contribution in [0.3, 0.4) is 0 Å². The largest absolute Gasteiger partial charge is 0.506 e. The van der Waals surface area contributed by atoms with Crippen LogP contribution in [-0.2, 0) is 13.0 Å². The van der Waals surface area contributed by atoms with Gasteiger partial charge >= 0.3 is 0 Å². The third-order valence-corrected chi connectivity index (χ3v) is 4.33. The average Bonchev–Trinajstić information content (AvgIpc) is 2.23. The van der Waals surface area contributed by atoms with Crippen LogP contribution >= 0.6 is 22.6 Å². The van der Waals surface area contributed by atoms with Gasteiger partial charge in [-0.25, -0.2) is 0 Å². The second kappa shape index (κ2) is 4.29. The number of benzene rings is 1. The highest BCUT2D eigenvalue weighted by Crippen LogP contribution is 2.39. The molecule has 0 fully saturated rings. The van der Waals surface area contributed by atoms with Crippen molar-refractivity contribution in [3.05, 3.63) is 26.3 Å². The van der Waals surface area contributed by atoms with Gasteiger partial charge in [-0.1, -0.05) is 13.0 Å². The van der Waals surface area contributed by atoms with Gasteiger partial charge in [-0.05, 0) is 58.9 Å². The molecule has 1 atom stereocenters. The first-order valence-electron chi connectivity index (χ1n) is 5.38. The molecule has 3 heteroatoms. The number of nitrogens with two attached hydrogens (primary N) is 1. The molecule has 0 aliphatic heterocycles. The zero-order chi connectivity index (χ0) is 11.0. The van der Waals surface area contributed by atoms with Crippen LogP contribution in [0.5, 0.6) is 5.75 Å². The summed E-state index contributed by atoms with van der Waals surface area (Å²) in [6.45, 7) is 2.66. The maximum absolute atomic E-state index is 9.98. The molecule has 0 bridgehead atoms. The van der Waals surface area contributed by atoms with Crippen LogP contribution in [0.15, 0.2) is 6.07 Å². The number of hydrogen-bond acceptors (Lipinski definition) is 2. The van der Waals surface area contributed by atoms with Crippen LogP contribution in [0.4, 0.5) is 0 Å². The van der Waals surface area contributed by atoms with E-state index in [1.54, 1.807) is 0 Å². The van der Waals surface area contributed by atoms with E-state index in [4.69, 9.17) is 5.73 Å². The Morgan fingerprint density at radius 2 is 2.33 bits per heavy atom. The predicted octanol–water partition coefficient (Wildman–Crippen LogP) is 2.90. The Kier molecular flexibility index (Phi) is 3.21. The van der Waals surface area contributed by atoms with E-state index < -0.39 is 0 Å². The quantitative estimate of drug-likeness (QED) is 0.783. The molecular weight excluding hydrogens is 301 g/mol. The summed E-state index contributed by atoms with van der Waals surface area (Å²) < 4.78 is 1.01. The molecule has 15 heavy (non-hydrogen) atoms. The zero-order valence-electron chi connectivity index (χ0n) is 8.89. The zero-order valence-corrected chi connectivity index (χ0v) is 11.0. The fourth-order valence-electron chi connectivity index (χ4n) is 2.40. The molecule has 0 heterocycles. The van der Waals surface area contributed by atoms with Gasteiger partial charge in [0.25, 0.3) is 0 Å². The standard InChI is InChI=1S/C12H16INO/c1-7-3-2-4-8-5-9(6-14)12(15)11(13)10(7)8/h5,7,15H,2-4,6,14H2,1H3. The molecule has 0 spiro atoms. The van der Waals surface area contributed by atoms with Gasteiger partial charge in [0.15, 0.2) is 0 Å². The number of rotatable bonds is 1. The third kappa shape index (κ3) is 1.87. The molecule has 0 saturated carbocycles. The van der Waals surface area contributed by atoms with Crippen LogP contribution in [0, 0.1) is 3.57 Å². The Hall–Kier alpha value is -0.290. The third-order valence-electron chi connectivity index (χ3n) is 3.24. The smallest absolute Gasteiger partial charge is 0.133 e. The summed E-state index contributed by atoms with van der Waals surface area (Å²) in [5.41, 5.74) is 9.24. The van der Waals surface area contributed by atoms with Crippen molar-refractivity contribution in [1.29, 1.82) is 0 Å². The van der Waals surface area contributed by atoms with Gasteiger partial charge in [0.2, 0.25) is 0 Å². The van der Waals surface area contributed by atoms with E-state index in [0.29, 0.717) is 18.2 Å². The first kappa shape index (κ1) is 11.2. The highest BCUT2D eigenvalue weighted by Gasteiger charge is 2.22. The van der Waals surface area contributed by atoms with E-state index >= 15 is 0 Å². The molecule has 2 nitrogen and oxygen atoms in total. The summed E-state index contributed by atoms with van der Waals surface area (Å²) in [4.78, 5) is 0. The van der Waals surface area contributed by atoms with Crippen LogP contribution in [0.25, 0.3) is 0 Å². The minimum atomic E-state index is 0.394. The lowest BCUT2D eigenvalue weighted by molar-refractivity contribution is 0.459. The van der Waals surface area contributed by atoms with Crippen molar-refractivity contribution in [3.63, 3.8) is 0 Å². The van der Waals surface area contributed by atoms with Gasteiger partial charge in [-0.3, -0.25) is 0 Å². The predicted molar refractivity (Wildman–Crippen MR) is 70.1 cm³/mol. The molecule has 1 aromatic rings. The summed E-state index contributed by atoms with van der Waals surface area (Å²) in [6, 6.07) is 2.09. The number of phenols is 1. The van der Waals surface area contributed by atoms with Crippen LogP contribution < -0.4 is 5.73 Å². The van der Waals surface area contributed by atoms with Crippen molar-refractivity contribution >= 4 is 22.6 Å². The molecule has 2 rings (SSSR count). The van der Waals surface area contributed by atoms with Gasteiger partial charge in [-0.2, -0.15) is 0 Å². The van der Waals surface area contributed by atoms with Crippen LogP contribution in [-0.4, -0.2) is 5.11 Å². The van der Waals surface area contributed by atoms with Gasteiger partial charge < -0.3 is 10.8 Å². The van der Waals surface area contributed by atoms with Crippen molar-refractivity contribution in [2.45, 2.75) is 38.6 Å². The number of phenolic OH excluding ortho intramolecular Hbond substituents is 1. The van der Waals surface area contributed by atoms with Crippen LogP contribution in [0.1, 0.15) is 42.4 Å². The van der Waals surface area contributed by atoms with Crippen molar-refractivity contribution in [3.8, 4) is 5.75 Å². The molecule has 1 aromatic carbocycles. The van der Waals surface area contributed by atoms with Crippen molar-refractivity contribution < 1.29 is 5.11 Å². The Morgan fingerprint density at radius 1 is 1.60 bits per heavy atom. The van der Waals surface area contributed by atoms with E-state index in [9.17, 15) is 5.11 Å². The first-order chi connectivity index (χ1) is 7.15. The Bertz CT molecular complexity index is 390. The topological polar surface area (TPSA) is 46.2 Å². The van der Waals surface area contributed by atoms with Gasteiger partial charge in [-0.15, -0.1) is 0 Å². The summed E-state index contributed by atoms with van der Waals surface area (Å²) in [6.07, 6.45) is 3.60. The molecule has 82 valence electrons. The first-order valence-corrected chi connectivity index (χ1v) is 6.46. The lowest BCUT2D eigenvalue weighted by Crippen LogP contribution is -2.11. The SMILES string of the molecule is CC1CCCc2cc(CN)c(O)c(I)c21. The minimum Gasteiger partial charge on any atom is -0.506 e. The number of fused-ring (bicyclic) bond motifs is 1. The normalized spacial score (nSPS) is 20.1. The Morgan fingerprint density at radius 3 is 3.00 bits per heavy atom. The number of aromatic hydroxyl groups is 1. The van der Waals surface area contributed by atoms with Crippen molar-refractivity contribution in [2.24, 2.45) is 5.73 Å². The van der Waals surface area contributed by atoms with Crippen LogP contribution in [0.2, 0.25) is 0 Å². The number of aryl methyl sites for hydroxylation is 1. The van der Waals surface area contributed by atoms with Gasteiger partial charge in [0.05, 0.1) is 3.57 Å². The molecule has 0 aromatic heterocycles. The maximum atomic E-state index is 9.98. The Balaban J connectivity index is 2.61. The Labute approximate surface area is 104 Å². The summed E-state index contributed by atoms with van der Waals surface area (Å²) in [5.74, 6) is 0.962. The highest BCUT2D eigenvalue weighted by atomic mass is 127. The molecular formula is C12H16INO. The molecule has 3 N–H and O–H groups in total. The fourth-order valence-corrected chi connectivity index (χ4v) is 3.63. The molecule has 1 unspecified atom stereocenters. The lowest BCUT2D eigenvalue weighted by atomic mass is 9.83. The van der Waals surface area contributed by atoms with E-state index in [2.05, 4.69) is 35.6 Å². The average molecular weight is 317 g/mol. The summed E-state index contributed by atoms with van der Waals surface area (Å²) in [7, 11) is 0. The number of halogens is 1. The second-order valence-corrected chi connectivity index (χ2v) is 5.35. The molecule has 0 amide bonds. The van der Waals surface area contributed by atoms with Gasteiger partial charge in [0.1, 0.15) is 5.75 Å². The molecule has 1 aliphatic rings. The lowest BCUT2D eigenvalue weighted by Gasteiger charge is -2.25. The minimum absolute atomic E-state index is 0.394. The van der Waals surface area contributed by atoms with E-state index in [1.165, 1.54) is 24.0 Å². The summed E-state index contributed by atoms with van der Waals surface area (Å²) >= 11 is 2.25. The van der Waals surface area contributed by atoms with Gasteiger partial charge in [0, 0.05) is 12.1 Å². The van der Waals surface area contributed by atoms with E-state index in [1.807, 2.05) is 0 Å². The maximum Gasteiger partial charge on any atom is 0.133 e. The van der Waals surface area contributed by atoms with Crippen molar-refractivity contribution in [1.82, 2.24) is 0 Å². The van der Waals surface area contributed by atoms with Crippen molar-refractivity contribution in [2.75, 3.05) is 0 Å².